The highest BCUT2D eigenvalue weighted by Crippen LogP contribution is 2.21. The first-order chi connectivity index (χ1) is 11.7. The molecule has 0 aliphatic carbocycles. The van der Waals surface area contributed by atoms with Crippen molar-refractivity contribution in [2.75, 3.05) is 39.6 Å². The summed E-state index contributed by atoms with van der Waals surface area (Å²) in [4.78, 5) is 4.01. The second-order valence-electron chi connectivity index (χ2n) is 6.27. The minimum atomic E-state index is -3.69. The predicted octanol–water partition coefficient (Wildman–Crippen LogP) is 2.47. The molecule has 2 rings (SSSR count). The summed E-state index contributed by atoms with van der Waals surface area (Å²) in [6, 6.07) is 12.7. The molecular formula is C18H24FN3O2S. The van der Waals surface area contributed by atoms with Gasteiger partial charge in [0, 0.05) is 32.4 Å². The molecule has 0 saturated heterocycles. The van der Waals surface area contributed by atoms with E-state index < -0.39 is 15.8 Å². The fourth-order valence-electron chi connectivity index (χ4n) is 2.48. The van der Waals surface area contributed by atoms with Crippen LogP contribution in [0.1, 0.15) is 11.6 Å². The van der Waals surface area contributed by atoms with Gasteiger partial charge in [-0.2, -0.15) is 0 Å². The number of halogens is 1. The van der Waals surface area contributed by atoms with Crippen molar-refractivity contribution in [1.29, 1.82) is 0 Å². The van der Waals surface area contributed by atoms with Crippen LogP contribution in [0.5, 0.6) is 0 Å². The Bertz CT molecular complexity index is 788. The highest BCUT2D eigenvalue weighted by atomic mass is 32.2. The largest absolute Gasteiger partial charge is 0.378 e. The Kier molecular flexibility index (Phi) is 6.16. The van der Waals surface area contributed by atoms with E-state index in [0.29, 0.717) is 0 Å². The van der Waals surface area contributed by atoms with Gasteiger partial charge in [-0.3, -0.25) is 0 Å². The van der Waals surface area contributed by atoms with Gasteiger partial charge in [-0.1, -0.05) is 12.1 Å². The van der Waals surface area contributed by atoms with Crippen molar-refractivity contribution in [3.05, 3.63) is 59.9 Å². The Hall–Kier alpha value is -1.96. The molecule has 0 saturated carbocycles. The van der Waals surface area contributed by atoms with Crippen molar-refractivity contribution < 1.29 is 12.8 Å². The molecule has 5 nitrogen and oxygen atoms in total. The number of benzene rings is 2. The monoisotopic (exact) mass is 365 g/mol. The molecule has 1 N–H and O–H groups in total. The average Bonchev–Trinajstić information content (AvgIpc) is 2.55. The minimum Gasteiger partial charge on any atom is -0.378 e. The minimum absolute atomic E-state index is 0.0503. The van der Waals surface area contributed by atoms with Crippen LogP contribution in [0, 0.1) is 5.82 Å². The molecule has 0 radical (unpaired) electrons. The van der Waals surface area contributed by atoms with Crippen LogP contribution in [-0.2, 0) is 10.0 Å². The van der Waals surface area contributed by atoms with E-state index in [1.807, 2.05) is 62.3 Å². The van der Waals surface area contributed by atoms with Crippen LogP contribution in [0.15, 0.2) is 53.4 Å². The molecule has 0 aromatic heterocycles. The molecule has 0 spiro atoms. The summed E-state index contributed by atoms with van der Waals surface area (Å²) in [6.45, 7) is 0.216. The van der Waals surface area contributed by atoms with Gasteiger partial charge < -0.3 is 9.80 Å². The zero-order valence-electron chi connectivity index (χ0n) is 14.9. The van der Waals surface area contributed by atoms with E-state index in [2.05, 4.69) is 4.72 Å². The van der Waals surface area contributed by atoms with Crippen LogP contribution >= 0.6 is 0 Å². The highest BCUT2D eigenvalue weighted by Gasteiger charge is 2.19. The molecule has 1 atom stereocenters. The molecule has 0 fully saturated rings. The fourth-order valence-corrected chi connectivity index (χ4v) is 3.52. The third kappa shape index (κ3) is 5.01. The van der Waals surface area contributed by atoms with Gasteiger partial charge in [0.25, 0.3) is 0 Å². The lowest BCUT2D eigenvalue weighted by molar-refractivity contribution is 0.299. The number of nitrogens with one attached hydrogen (secondary N) is 1. The molecule has 25 heavy (non-hydrogen) atoms. The molecule has 0 heterocycles. The van der Waals surface area contributed by atoms with Crippen LogP contribution in [0.4, 0.5) is 10.1 Å². The number of hydrogen-bond acceptors (Lipinski definition) is 4. The maximum atomic E-state index is 13.0. The fraction of sp³-hybridized carbons (Fsp3) is 0.333. The topological polar surface area (TPSA) is 52.7 Å². The summed E-state index contributed by atoms with van der Waals surface area (Å²) in [5, 5.41) is 0. The second kappa shape index (κ2) is 7.95. The maximum absolute atomic E-state index is 13.0. The number of sulfonamides is 1. The first-order valence-electron chi connectivity index (χ1n) is 7.89. The number of likely N-dealkylation sites (N-methyl/N-ethyl adjacent to an activating group) is 1. The molecule has 0 unspecified atom stereocenters. The van der Waals surface area contributed by atoms with Gasteiger partial charge in [0.1, 0.15) is 5.82 Å². The van der Waals surface area contributed by atoms with E-state index in [0.717, 1.165) is 23.4 Å². The van der Waals surface area contributed by atoms with Crippen molar-refractivity contribution >= 4 is 15.7 Å². The lowest BCUT2D eigenvalue weighted by Gasteiger charge is -2.25. The quantitative estimate of drug-likeness (QED) is 0.819. The second-order valence-corrected chi connectivity index (χ2v) is 8.04. The summed E-state index contributed by atoms with van der Waals surface area (Å²) >= 11 is 0. The zero-order valence-corrected chi connectivity index (χ0v) is 15.7. The van der Waals surface area contributed by atoms with Crippen molar-refractivity contribution in [3.8, 4) is 0 Å². The van der Waals surface area contributed by atoms with Crippen LogP contribution in [0.25, 0.3) is 0 Å². The molecular weight excluding hydrogens is 341 g/mol. The lowest BCUT2D eigenvalue weighted by Crippen LogP contribution is -2.34. The van der Waals surface area contributed by atoms with Gasteiger partial charge in [-0.05, 0) is 56.1 Å². The van der Waals surface area contributed by atoms with Crippen molar-refractivity contribution in [2.45, 2.75) is 10.9 Å². The number of nitrogens with zero attached hydrogens (tertiary/aromatic N) is 2. The zero-order chi connectivity index (χ0) is 18.6. The Labute approximate surface area is 149 Å². The normalized spacial score (nSPS) is 13.0. The molecule has 0 aliphatic heterocycles. The first kappa shape index (κ1) is 19.4. The molecule has 0 amide bonds. The lowest BCUT2D eigenvalue weighted by atomic mass is 10.1. The molecule has 0 bridgehead atoms. The molecule has 2 aromatic carbocycles. The van der Waals surface area contributed by atoms with Gasteiger partial charge in [0.05, 0.1) is 4.90 Å². The number of rotatable bonds is 7. The van der Waals surface area contributed by atoms with E-state index in [9.17, 15) is 12.8 Å². The Balaban J connectivity index is 2.15. The standard InChI is InChI=1S/C18H24FN3O2S/c1-21(2)16-9-5-14(6-10-16)18(22(3)4)13-20-25(23,24)17-11-7-15(19)8-12-17/h5-12,18,20H,13H2,1-4H3/t18-/m0/s1. The summed E-state index contributed by atoms with van der Waals surface area (Å²) in [6.07, 6.45) is 0. The van der Waals surface area contributed by atoms with Crippen LogP contribution < -0.4 is 9.62 Å². The van der Waals surface area contributed by atoms with Gasteiger partial charge in [0.15, 0.2) is 0 Å². The predicted molar refractivity (Wildman–Crippen MR) is 98.8 cm³/mol. The van der Waals surface area contributed by atoms with E-state index in [4.69, 9.17) is 0 Å². The molecule has 0 aliphatic rings. The van der Waals surface area contributed by atoms with Crippen molar-refractivity contribution in [2.24, 2.45) is 0 Å². The highest BCUT2D eigenvalue weighted by molar-refractivity contribution is 7.89. The van der Waals surface area contributed by atoms with Crippen molar-refractivity contribution in [1.82, 2.24) is 9.62 Å². The Morgan fingerprint density at radius 2 is 1.52 bits per heavy atom. The third-order valence-corrected chi connectivity index (χ3v) is 5.45. The average molecular weight is 365 g/mol. The number of anilines is 1. The number of hydrogen-bond donors (Lipinski definition) is 1. The maximum Gasteiger partial charge on any atom is 0.240 e. The van der Waals surface area contributed by atoms with Gasteiger partial charge >= 0.3 is 0 Å². The smallest absolute Gasteiger partial charge is 0.240 e. The van der Waals surface area contributed by atoms with Gasteiger partial charge in [-0.15, -0.1) is 0 Å². The summed E-state index contributed by atoms with van der Waals surface area (Å²) < 4.78 is 40.4. The summed E-state index contributed by atoms with van der Waals surface area (Å²) in [7, 11) is 4.05. The third-order valence-electron chi connectivity index (χ3n) is 4.01. The molecule has 136 valence electrons. The summed E-state index contributed by atoms with van der Waals surface area (Å²) in [5.41, 5.74) is 2.09. The van der Waals surface area contributed by atoms with E-state index in [1.165, 1.54) is 12.1 Å². The summed E-state index contributed by atoms with van der Waals surface area (Å²) in [5.74, 6) is -0.467. The first-order valence-corrected chi connectivity index (χ1v) is 9.38. The van der Waals surface area contributed by atoms with Gasteiger partial charge in [0.2, 0.25) is 10.0 Å². The molecule has 7 heteroatoms. The van der Waals surface area contributed by atoms with Crippen molar-refractivity contribution in [3.63, 3.8) is 0 Å². The van der Waals surface area contributed by atoms with E-state index in [-0.39, 0.29) is 17.5 Å². The molecule has 2 aromatic rings. The van der Waals surface area contributed by atoms with E-state index in [1.54, 1.807) is 0 Å². The van der Waals surface area contributed by atoms with Gasteiger partial charge in [-0.25, -0.2) is 17.5 Å². The Morgan fingerprint density at radius 3 is 2.00 bits per heavy atom. The van der Waals surface area contributed by atoms with Crippen LogP contribution in [0.2, 0.25) is 0 Å². The van der Waals surface area contributed by atoms with Crippen LogP contribution in [0.3, 0.4) is 0 Å². The Morgan fingerprint density at radius 1 is 0.960 bits per heavy atom. The van der Waals surface area contributed by atoms with Crippen LogP contribution in [-0.4, -0.2) is 48.1 Å². The van der Waals surface area contributed by atoms with E-state index >= 15 is 0 Å². The SMILES string of the molecule is CN(C)c1ccc([C@H](CNS(=O)(=O)c2ccc(F)cc2)N(C)C)cc1.